The minimum Gasteiger partial charge on any atom is -0.336 e. The zero-order chi connectivity index (χ0) is 18.3. The quantitative estimate of drug-likeness (QED) is 0.661. The third-order valence-corrected chi connectivity index (χ3v) is 6.33. The molecule has 0 saturated heterocycles. The van der Waals surface area contributed by atoms with Crippen LogP contribution in [0.2, 0.25) is 0 Å². The highest BCUT2D eigenvalue weighted by atomic mass is 32.2. The highest BCUT2D eigenvalue weighted by Gasteiger charge is 2.32. The number of benzene rings is 1. The lowest BCUT2D eigenvalue weighted by molar-refractivity contribution is 0.390. The summed E-state index contributed by atoms with van der Waals surface area (Å²) in [5, 5.41) is 4.40. The van der Waals surface area contributed by atoms with E-state index in [1.54, 1.807) is 25.1 Å². The first-order valence-electron chi connectivity index (χ1n) is 8.40. The van der Waals surface area contributed by atoms with E-state index in [0.29, 0.717) is 29.3 Å². The van der Waals surface area contributed by atoms with Gasteiger partial charge in [0.2, 0.25) is 10.0 Å². The van der Waals surface area contributed by atoms with Gasteiger partial charge in [-0.05, 0) is 49.4 Å². The fourth-order valence-electron chi connectivity index (χ4n) is 2.85. The first-order chi connectivity index (χ1) is 12.4. The third kappa shape index (κ3) is 3.34. The molecular formula is C18H18FN3O3S. The average molecular weight is 375 g/mol. The van der Waals surface area contributed by atoms with Crippen molar-refractivity contribution in [3.63, 3.8) is 0 Å². The van der Waals surface area contributed by atoms with E-state index in [2.05, 4.69) is 10.1 Å². The number of hydrogen-bond donors (Lipinski definition) is 0. The summed E-state index contributed by atoms with van der Waals surface area (Å²) in [5.41, 5.74) is 1.65. The molecule has 6 nitrogen and oxygen atoms in total. The summed E-state index contributed by atoms with van der Waals surface area (Å²) < 4.78 is 46.1. The van der Waals surface area contributed by atoms with Crippen molar-refractivity contribution < 1.29 is 17.3 Å². The Morgan fingerprint density at radius 2 is 2.00 bits per heavy atom. The third-order valence-electron chi connectivity index (χ3n) is 4.55. The van der Waals surface area contributed by atoms with Gasteiger partial charge in [-0.15, -0.1) is 0 Å². The van der Waals surface area contributed by atoms with Crippen molar-refractivity contribution in [2.75, 3.05) is 6.54 Å². The molecule has 1 fully saturated rings. The van der Waals surface area contributed by atoms with Crippen molar-refractivity contribution in [1.82, 2.24) is 14.4 Å². The lowest BCUT2D eigenvalue weighted by atomic mass is 10.2. The van der Waals surface area contributed by atoms with Crippen LogP contribution in [0.25, 0.3) is 11.1 Å². The van der Waals surface area contributed by atoms with E-state index < -0.39 is 10.0 Å². The minimum absolute atomic E-state index is 0.110. The summed E-state index contributed by atoms with van der Waals surface area (Å²) in [4.78, 5) is 4.19. The maximum atomic E-state index is 13.2. The van der Waals surface area contributed by atoms with Gasteiger partial charge in [0.1, 0.15) is 10.7 Å². The van der Waals surface area contributed by atoms with Crippen LogP contribution in [0.1, 0.15) is 24.1 Å². The Balaban J connectivity index is 1.69. The predicted molar refractivity (Wildman–Crippen MR) is 93.3 cm³/mol. The first kappa shape index (κ1) is 17.1. The molecule has 1 saturated carbocycles. The van der Waals surface area contributed by atoms with Crippen molar-refractivity contribution >= 4 is 21.1 Å². The summed E-state index contributed by atoms with van der Waals surface area (Å²) in [6, 6.07) is 7.44. The monoisotopic (exact) mass is 375 g/mol. The molecule has 0 atom stereocenters. The molecule has 1 aliphatic carbocycles. The summed E-state index contributed by atoms with van der Waals surface area (Å²) in [5.74, 6) is 0.0298. The van der Waals surface area contributed by atoms with Crippen LogP contribution in [0.4, 0.5) is 4.39 Å². The molecule has 2 aromatic heterocycles. The number of aromatic nitrogens is 2. The Morgan fingerprint density at radius 1 is 1.27 bits per heavy atom. The fraction of sp³-hybridized carbons (Fsp3) is 0.333. The van der Waals surface area contributed by atoms with Gasteiger partial charge in [-0.25, -0.2) is 17.8 Å². The van der Waals surface area contributed by atoms with Crippen LogP contribution in [0.5, 0.6) is 0 Å². The van der Waals surface area contributed by atoms with Gasteiger partial charge >= 0.3 is 0 Å². The number of hydrogen-bond acceptors (Lipinski definition) is 5. The van der Waals surface area contributed by atoms with Gasteiger partial charge in [0.15, 0.2) is 0 Å². The van der Waals surface area contributed by atoms with E-state index >= 15 is 0 Å². The molecule has 1 aromatic carbocycles. The Hall–Kier alpha value is -2.32. The summed E-state index contributed by atoms with van der Waals surface area (Å²) in [7, 11) is -3.74. The molecule has 0 amide bonds. The lowest BCUT2D eigenvalue weighted by Crippen LogP contribution is -2.32. The molecule has 1 aliphatic rings. The number of aryl methyl sites for hydroxylation is 1. The Labute approximate surface area is 150 Å². The van der Waals surface area contributed by atoms with Crippen LogP contribution >= 0.6 is 0 Å². The van der Waals surface area contributed by atoms with Crippen LogP contribution in [0, 0.1) is 18.7 Å². The largest absolute Gasteiger partial charge is 0.336 e. The van der Waals surface area contributed by atoms with Gasteiger partial charge in [0.05, 0.1) is 17.3 Å². The van der Waals surface area contributed by atoms with E-state index in [1.807, 2.05) is 0 Å². The number of fused-ring (bicyclic) bond motifs is 1. The molecule has 4 rings (SSSR count). The molecule has 2 heterocycles. The van der Waals surface area contributed by atoms with Gasteiger partial charge < -0.3 is 4.52 Å². The normalized spacial score (nSPS) is 15.0. The van der Waals surface area contributed by atoms with Gasteiger partial charge in [-0.1, -0.05) is 17.3 Å². The number of rotatable bonds is 6. The highest BCUT2D eigenvalue weighted by Crippen LogP contribution is 2.33. The predicted octanol–water partition coefficient (Wildman–Crippen LogP) is 3.27. The number of halogens is 1. The van der Waals surface area contributed by atoms with Crippen LogP contribution in [-0.2, 0) is 16.6 Å². The van der Waals surface area contributed by atoms with Crippen LogP contribution in [0.3, 0.4) is 0 Å². The second kappa shape index (κ2) is 6.44. The molecule has 0 N–H and O–H groups in total. The number of sulfonamides is 1. The van der Waals surface area contributed by atoms with Crippen molar-refractivity contribution in [3.05, 3.63) is 53.6 Å². The van der Waals surface area contributed by atoms with Crippen LogP contribution in [-0.4, -0.2) is 29.4 Å². The molecule has 8 heteroatoms. The maximum absolute atomic E-state index is 13.2. The van der Waals surface area contributed by atoms with E-state index in [0.717, 1.165) is 18.4 Å². The summed E-state index contributed by atoms with van der Waals surface area (Å²) in [6.07, 6.45) is 3.35. The van der Waals surface area contributed by atoms with Crippen molar-refractivity contribution in [2.24, 2.45) is 5.92 Å². The standard InChI is InChI=1S/C18H18FN3O3S/c1-12-17-8-16(9-20-18(17)25-21-12)26(23,24)22(10-13-2-3-13)11-14-4-6-15(19)7-5-14/h4-9,13H,2-3,10-11H2,1H3. The molecule has 3 aromatic rings. The molecule has 0 aliphatic heterocycles. The molecule has 0 bridgehead atoms. The fourth-order valence-corrected chi connectivity index (χ4v) is 4.32. The van der Waals surface area contributed by atoms with E-state index in [-0.39, 0.29) is 17.3 Å². The Bertz CT molecular complexity index is 1040. The molecule has 26 heavy (non-hydrogen) atoms. The SMILES string of the molecule is Cc1noc2ncc(S(=O)(=O)N(Cc3ccc(F)cc3)CC3CC3)cc12. The summed E-state index contributed by atoms with van der Waals surface area (Å²) >= 11 is 0. The Morgan fingerprint density at radius 3 is 2.69 bits per heavy atom. The van der Waals surface area contributed by atoms with Crippen molar-refractivity contribution in [3.8, 4) is 0 Å². The molecular weight excluding hydrogens is 357 g/mol. The zero-order valence-electron chi connectivity index (χ0n) is 14.2. The Kier molecular flexibility index (Phi) is 4.24. The average Bonchev–Trinajstić information content (AvgIpc) is 3.37. The minimum atomic E-state index is -3.74. The van der Waals surface area contributed by atoms with Gasteiger partial charge in [-0.2, -0.15) is 4.31 Å². The first-order valence-corrected chi connectivity index (χ1v) is 9.84. The molecule has 136 valence electrons. The number of pyridine rings is 1. The molecule has 0 radical (unpaired) electrons. The maximum Gasteiger partial charge on any atom is 0.257 e. The van der Waals surface area contributed by atoms with E-state index in [1.165, 1.54) is 22.6 Å². The van der Waals surface area contributed by atoms with E-state index in [9.17, 15) is 12.8 Å². The highest BCUT2D eigenvalue weighted by molar-refractivity contribution is 7.89. The van der Waals surface area contributed by atoms with Gasteiger partial charge in [-0.3, -0.25) is 0 Å². The molecule has 0 spiro atoms. The summed E-state index contributed by atoms with van der Waals surface area (Å²) in [6.45, 7) is 2.38. The van der Waals surface area contributed by atoms with Crippen LogP contribution < -0.4 is 0 Å². The topological polar surface area (TPSA) is 76.3 Å². The van der Waals surface area contributed by atoms with Gasteiger partial charge in [0.25, 0.3) is 5.71 Å². The van der Waals surface area contributed by atoms with Crippen LogP contribution in [0.15, 0.2) is 45.9 Å². The molecule has 0 unspecified atom stereocenters. The smallest absolute Gasteiger partial charge is 0.257 e. The number of nitrogens with zero attached hydrogens (tertiary/aromatic N) is 3. The lowest BCUT2D eigenvalue weighted by Gasteiger charge is -2.22. The van der Waals surface area contributed by atoms with Gasteiger partial charge in [0, 0.05) is 13.1 Å². The second-order valence-corrected chi connectivity index (χ2v) is 8.60. The second-order valence-electron chi connectivity index (χ2n) is 6.66. The zero-order valence-corrected chi connectivity index (χ0v) is 15.0. The van der Waals surface area contributed by atoms with E-state index in [4.69, 9.17) is 4.52 Å². The van der Waals surface area contributed by atoms with Crippen molar-refractivity contribution in [2.45, 2.75) is 31.2 Å². The van der Waals surface area contributed by atoms with Crippen molar-refractivity contribution in [1.29, 1.82) is 0 Å².